The van der Waals surface area contributed by atoms with Crippen molar-refractivity contribution >= 4 is 64.6 Å². The predicted molar refractivity (Wildman–Crippen MR) is 245 cm³/mol. The Morgan fingerprint density at radius 3 is 1.39 bits per heavy atom. The lowest BCUT2D eigenvalue weighted by Gasteiger charge is -2.22. The number of hydrogen-bond donors (Lipinski definition) is 0. The van der Waals surface area contributed by atoms with E-state index in [4.69, 9.17) is 0 Å². The van der Waals surface area contributed by atoms with Crippen LogP contribution in [0.1, 0.15) is 25.0 Å². The summed E-state index contributed by atoms with van der Waals surface area (Å²) in [4.78, 5) is 0. The molecule has 0 aromatic heterocycles. The van der Waals surface area contributed by atoms with E-state index in [1.165, 1.54) is 120 Å². The van der Waals surface area contributed by atoms with E-state index in [2.05, 4.69) is 208 Å². The standard InChI is InChI=1S/C57H38/c1-57(2)54-18-10-9-15-48(54)49-28-27-41(33-55(49)57)40-22-20-35-19-21-39(31-43(35)32-40)36-23-24-38-30-42(26-25-37(38)29-36)52-34-53-46-13-4-3-11-44(46)45-12-5-7-16-50(45)56(53)51-17-8-6-14-47(51)52/h3-34H,1-2H3. The third-order valence-corrected chi connectivity index (χ3v) is 13.0. The van der Waals surface area contributed by atoms with Crippen LogP contribution in [0.15, 0.2) is 194 Å². The molecular weight excluding hydrogens is 685 g/mol. The monoisotopic (exact) mass is 722 g/mol. The summed E-state index contributed by atoms with van der Waals surface area (Å²) >= 11 is 0. The summed E-state index contributed by atoms with van der Waals surface area (Å²) in [6.45, 7) is 4.71. The zero-order chi connectivity index (χ0) is 37.8. The molecule has 11 aromatic carbocycles. The van der Waals surface area contributed by atoms with Crippen LogP contribution in [0.3, 0.4) is 0 Å². The largest absolute Gasteiger partial charge is 0.0619 e. The van der Waals surface area contributed by atoms with Crippen LogP contribution in [-0.2, 0) is 5.41 Å². The average molecular weight is 723 g/mol. The van der Waals surface area contributed by atoms with Gasteiger partial charge in [-0.3, -0.25) is 0 Å². The molecular formula is C57H38. The van der Waals surface area contributed by atoms with Crippen molar-refractivity contribution in [2.75, 3.05) is 0 Å². The van der Waals surface area contributed by atoms with E-state index in [0.29, 0.717) is 0 Å². The van der Waals surface area contributed by atoms with Crippen molar-refractivity contribution in [2.24, 2.45) is 0 Å². The minimum absolute atomic E-state index is 0.0176. The summed E-state index contributed by atoms with van der Waals surface area (Å²) in [6.07, 6.45) is 0. The Labute approximate surface area is 332 Å². The first kappa shape index (κ1) is 32.2. The summed E-state index contributed by atoms with van der Waals surface area (Å²) in [6, 6.07) is 72.8. The molecule has 0 saturated heterocycles. The lowest BCUT2D eigenvalue weighted by molar-refractivity contribution is 0.660. The van der Waals surface area contributed by atoms with E-state index in [0.717, 1.165) is 0 Å². The molecule has 0 saturated carbocycles. The average Bonchev–Trinajstić information content (AvgIpc) is 3.50. The van der Waals surface area contributed by atoms with Gasteiger partial charge in [0.1, 0.15) is 0 Å². The van der Waals surface area contributed by atoms with Gasteiger partial charge in [-0.15, -0.1) is 0 Å². The molecule has 266 valence electrons. The van der Waals surface area contributed by atoms with Crippen LogP contribution in [0.5, 0.6) is 0 Å². The van der Waals surface area contributed by atoms with Crippen LogP contribution < -0.4 is 0 Å². The molecule has 0 unspecified atom stereocenters. The number of benzene rings is 11. The summed E-state index contributed by atoms with van der Waals surface area (Å²) in [5, 5.41) is 15.4. The third-order valence-electron chi connectivity index (χ3n) is 13.0. The molecule has 11 aromatic rings. The molecule has 0 aliphatic heterocycles. The molecule has 57 heavy (non-hydrogen) atoms. The maximum atomic E-state index is 2.44. The summed E-state index contributed by atoms with van der Waals surface area (Å²) in [5.41, 5.74) is 13.0. The summed E-state index contributed by atoms with van der Waals surface area (Å²) in [7, 11) is 0. The van der Waals surface area contributed by atoms with Gasteiger partial charge >= 0.3 is 0 Å². The minimum Gasteiger partial charge on any atom is -0.0619 e. The Hall–Kier alpha value is -7.02. The SMILES string of the molecule is CC1(C)c2ccccc2-c2ccc(-c3ccc4ccc(-c5ccc6cc(-c7cc8c9ccccc9c9ccccc9c8c8ccccc78)ccc6c5)cc4c3)cc21. The fourth-order valence-corrected chi connectivity index (χ4v) is 10.1. The first-order chi connectivity index (χ1) is 28.0. The van der Waals surface area contributed by atoms with E-state index < -0.39 is 0 Å². The first-order valence-electron chi connectivity index (χ1n) is 20.1. The number of hydrogen-bond acceptors (Lipinski definition) is 0. The normalized spacial score (nSPS) is 13.2. The predicted octanol–water partition coefficient (Wildman–Crippen LogP) is 15.9. The van der Waals surface area contributed by atoms with Gasteiger partial charge in [0.2, 0.25) is 0 Å². The molecule has 0 N–H and O–H groups in total. The van der Waals surface area contributed by atoms with Crippen LogP contribution >= 0.6 is 0 Å². The molecule has 1 aliphatic rings. The molecule has 0 heteroatoms. The van der Waals surface area contributed by atoms with Gasteiger partial charge in [0, 0.05) is 5.41 Å². The molecule has 0 heterocycles. The zero-order valence-corrected chi connectivity index (χ0v) is 32.0. The van der Waals surface area contributed by atoms with Crippen LogP contribution in [0.2, 0.25) is 0 Å². The van der Waals surface area contributed by atoms with Crippen molar-refractivity contribution in [2.45, 2.75) is 19.3 Å². The van der Waals surface area contributed by atoms with Gasteiger partial charge in [0.25, 0.3) is 0 Å². The van der Waals surface area contributed by atoms with Gasteiger partial charge < -0.3 is 0 Å². The maximum absolute atomic E-state index is 2.44. The molecule has 0 radical (unpaired) electrons. The maximum Gasteiger partial charge on any atom is 0.0159 e. The minimum atomic E-state index is -0.0176. The van der Waals surface area contributed by atoms with Gasteiger partial charge in [-0.1, -0.05) is 172 Å². The Kier molecular flexibility index (Phi) is 6.78. The van der Waals surface area contributed by atoms with Gasteiger partial charge in [-0.05, 0) is 157 Å². The third kappa shape index (κ3) is 4.81. The Morgan fingerprint density at radius 2 is 0.702 bits per heavy atom. The van der Waals surface area contributed by atoms with E-state index in [9.17, 15) is 0 Å². The van der Waals surface area contributed by atoms with Crippen LogP contribution in [0, 0.1) is 0 Å². The number of fused-ring (bicyclic) bond motifs is 13. The Morgan fingerprint density at radius 1 is 0.263 bits per heavy atom. The van der Waals surface area contributed by atoms with Crippen molar-refractivity contribution < 1.29 is 0 Å². The second-order valence-corrected chi connectivity index (χ2v) is 16.5. The highest BCUT2D eigenvalue weighted by Crippen LogP contribution is 2.50. The van der Waals surface area contributed by atoms with E-state index in [-0.39, 0.29) is 5.41 Å². The smallest absolute Gasteiger partial charge is 0.0159 e. The molecule has 0 amide bonds. The van der Waals surface area contributed by atoms with Crippen molar-refractivity contribution in [1.29, 1.82) is 0 Å². The highest BCUT2D eigenvalue weighted by Gasteiger charge is 2.35. The molecule has 0 nitrogen and oxygen atoms in total. The lowest BCUT2D eigenvalue weighted by Crippen LogP contribution is -2.14. The molecule has 0 atom stereocenters. The van der Waals surface area contributed by atoms with Crippen molar-refractivity contribution in [1.82, 2.24) is 0 Å². The van der Waals surface area contributed by atoms with Crippen LogP contribution in [-0.4, -0.2) is 0 Å². The number of rotatable bonds is 3. The summed E-state index contributed by atoms with van der Waals surface area (Å²) < 4.78 is 0. The highest BCUT2D eigenvalue weighted by molar-refractivity contribution is 6.33. The fraction of sp³-hybridized carbons (Fsp3) is 0.0526. The van der Waals surface area contributed by atoms with E-state index in [1.807, 2.05) is 0 Å². The van der Waals surface area contributed by atoms with E-state index in [1.54, 1.807) is 0 Å². The van der Waals surface area contributed by atoms with Crippen molar-refractivity contribution in [3.63, 3.8) is 0 Å². The van der Waals surface area contributed by atoms with Gasteiger partial charge in [0.05, 0.1) is 0 Å². The summed E-state index contributed by atoms with van der Waals surface area (Å²) in [5.74, 6) is 0. The Bertz CT molecular complexity index is 3490. The zero-order valence-electron chi connectivity index (χ0n) is 32.0. The molecule has 12 rings (SSSR count). The second kappa shape index (κ2) is 12.0. The van der Waals surface area contributed by atoms with E-state index >= 15 is 0 Å². The van der Waals surface area contributed by atoms with Crippen LogP contribution in [0.25, 0.3) is 109 Å². The van der Waals surface area contributed by atoms with Gasteiger partial charge in [-0.2, -0.15) is 0 Å². The van der Waals surface area contributed by atoms with Crippen molar-refractivity contribution in [3.05, 3.63) is 205 Å². The molecule has 0 bridgehead atoms. The quantitative estimate of drug-likeness (QED) is 0.159. The highest BCUT2D eigenvalue weighted by atomic mass is 14.4. The molecule has 0 fully saturated rings. The lowest BCUT2D eigenvalue weighted by atomic mass is 9.81. The van der Waals surface area contributed by atoms with Gasteiger partial charge in [-0.25, -0.2) is 0 Å². The molecule has 0 spiro atoms. The first-order valence-corrected chi connectivity index (χ1v) is 20.1. The molecule has 1 aliphatic carbocycles. The van der Waals surface area contributed by atoms with Crippen molar-refractivity contribution in [3.8, 4) is 44.5 Å². The Balaban J connectivity index is 0.935. The fourth-order valence-electron chi connectivity index (χ4n) is 10.1. The van der Waals surface area contributed by atoms with Crippen LogP contribution in [0.4, 0.5) is 0 Å². The second-order valence-electron chi connectivity index (χ2n) is 16.5. The van der Waals surface area contributed by atoms with Gasteiger partial charge in [0.15, 0.2) is 0 Å². The topological polar surface area (TPSA) is 0 Å².